The number of methoxy groups -OCH3 is 2. The lowest BCUT2D eigenvalue weighted by atomic mass is 9.54. The van der Waals surface area contributed by atoms with E-state index < -0.39 is 52.3 Å². The van der Waals surface area contributed by atoms with Gasteiger partial charge in [-0.2, -0.15) is 0 Å². The van der Waals surface area contributed by atoms with Gasteiger partial charge in [0.15, 0.2) is 16.6 Å². The van der Waals surface area contributed by atoms with E-state index in [4.69, 9.17) is 9.47 Å². The molecule has 2 aromatic carbocycles. The third kappa shape index (κ3) is 3.25. The molecule has 4 unspecified atom stereocenters. The molecule has 2 bridgehead atoms. The minimum Gasteiger partial charge on any atom is -0.468 e. The van der Waals surface area contributed by atoms with Crippen LogP contribution in [0.4, 0.5) is 8.78 Å². The van der Waals surface area contributed by atoms with Crippen LogP contribution in [0.1, 0.15) is 23.2 Å². The highest BCUT2D eigenvalue weighted by Gasteiger charge is 2.74. The summed E-state index contributed by atoms with van der Waals surface area (Å²) in [5.74, 6) is -3.45. The van der Waals surface area contributed by atoms with E-state index in [0.717, 1.165) is 0 Å². The fourth-order valence-electron chi connectivity index (χ4n) is 6.01. The van der Waals surface area contributed by atoms with Crippen LogP contribution in [0.5, 0.6) is 0 Å². The molecule has 2 fully saturated rings. The highest BCUT2D eigenvalue weighted by atomic mass is 19.1. The van der Waals surface area contributed by atoms with Gasteiger partial charge in [-0.15, -0.1) is 0 Å². The van der Waals surface area contributed by atoms with Crippen LogP contribution in [-0.2, 0) is 23.9 Å². The summed E-state index contributed by atoms with van der Waals surface area (Å²) in [6.07, 6.45) is 0. The number of benzene rings is 2. The number of ketones is 1. The number of halogens is 2. The van der Waals surface area contributed by atoms with Gasteiger partial charge < -0.3 is 14.4 Å². The van der Waals surface area contributed by atoms with Gasteiger partial charge in [0.05, 0.1) is 26.3 Å². The molecule has 2 saturated heterocycles. The molecule has 0 N–H and O–H groups in total. The molecule has 0 aromatic heterocycles. The normalized spacial score (nSPS) is 29.5. The van der Waals surface area contributed by atoms with Gasteiger partial charge >= 0.3 is 11.9 Å². The zero-order chi connectivity index (χ0) is 24.8. The maximum atomic E-state index is 14.4. The van der Waals surface area contributed by atoms with Crippen molar-refractivity contribution < 1.29 is 32.6 Å². The standard InChI is InChI=1S/C25H26F2N2O5/c1-28-13-24(22(31)33-3)19(15-7-5-9-17(26)11-15)29(2)20(16-8-6-10-18(27)12-16)25(14-28,21(24)30)23(32)34-4/h5-12,19-20H,13-14H2,1-4H3. The lowest BCUT2D eigenvalue weighted by Crippen LogP contribution is -2.75. The molecule has 0 radical (unpaired) electrons. The van der Waals surface area contributed by atoms with Gasteiger partial charge in [-0.3, -0.25) is 19.3 Å². The number of piperidine rings is 2. The number of carbonyl (C=O) groups excluding carboxylic acids is 3. The summed E-state index contributed by atoms with van der Waals surface area (Å²) in [5, 5.41) is 0. The molecule has 0 amide bonds. The molecule has 0 aliphatic carbocycles. The molecule has 4 rings (SSSR count). The predicted octanol–water partition coefficient (Wildman–Crippen LogP) is 2.53. The van der Waals surface area contributed by atoms with Gasteiger partial charge in [0, 0.05) is 13.1 Å². The van der Waals surface area contributed by atoms with Gasteiger partial charge in [-0.05, 0) is 49.5 Å². The Labute approximate surface area is 196 Å². The maximum Gasteiger partial charge on any atom is 0.322 e. The van der Waals surface area contributed by atoms with Gasteiger partial charge in [0.2, 0.25) is 0 Å². The number of nitrogens with zero attached hydrogens (tertiary/aromatic N) is 2. The number of hydrogen-bond acceptors (Lipinski definition) is 7. The topological polar surface area (TPSA) is 76.1 Å². The Morgan fingerprint density at radius 1 is 0.853 bits per heavy atom. The number of hydrogen-bond donors (Lipinski definition) is 0. The first kappa shape index (κ1) is 24.0. The highest BCUT2D eigenvalue weighted by Crippen LogP contribution is 2.60. The van der Waals surface area contributed by atoms with E-state index in [9.17, 15) is 23.2 Å². The molecular weight excluding hydrogens is 446 g/mol. The number of ether oxygens (including phenoxy) is 2. The lowest BCUT2D eigenvalue weighted by molar-refractivity contribution is -0.202. The monoisotopic (exact) mass is 472 g/mol. The van der Waals surface area contributed by atoms with Crippen LogP contribution in [0.2, 0.25) is 0 Å². The molecule has 2 aliphatic heterocycles. The van der Waals surface area contributed by atoms with Gasteiger partial charge in [-0.1, -0.05) is 24.3 Å². The molecule has 34 heavy (non-hydrogen) atoms. The molecule has 4 atom stereocenters. The van der Waals surface area contributed by atoms with Crippen LogP contribution < -0.4 is 0 Å². The predicted molar refractivity (Wildman–Crippen MR) is 117 cm³/mol. The maximum absolute atomic E-state index is 14.4. The third-order valence-electron chi connectivity index (χ3n) is 7.03. The van der Waals surface area contributed by atoms with Crippen molar-refractivity contribution in [2.24, 2.45) is 10.8 Å². The van der Waals surface area contributed by atoms with Gasteiger partial charge in [0.1, 0.15) is 11.6 Å². The summed E-state index contributed by atoms with van der Waals surface area (Å²) in [7, 11) is 5.65. The van der Waals surface area contributed by atoms with Crippen LogP contribution >= 0.6 is 0 Å². The van der Waals surface area contributed by atoms with Crippen molar-refractivity contribution in [3.8, 4) is 0 Å². The summed E-state index contributed by atoms with van der Waals surface area (Å²) in [6.45, 7) is -0.114. The summed E-state index contributed by atoms with van der Waals surface area (Å²) >= 11 is 0. The SMILES string of the molecule is COC(=O)C12CN(C)CC(C(=O)OC)(C1=O)C(c1cccc(F)c1)N(C)C2c1cccc(F)c1. The van der Waals surface area contributed by atoms with Crippen LogP contribution in [-0.4, -0.2) is 68.9 Å². The Bertz CT molecular complexity index is 1070. The molecular formula is C25H26F2N2O5. The molecule has 0 spiro atoms. The average molecular weight is 472 g/mol. The molecule has 2 aromatic rings. The largest absolute Gasteiger partial charge is 0.468 e. The van der Waals surface area contributed by atoms with Gasteiger partial charge in [-0.25, -0.2) is 8.78 Å². The third-order valence-corrected chi connectivity index (χ3v) is 7.03. The smallest absolute Gasteiger partial charge is 0.322 e. The van der Waals surface area contributed by atoms with E-state index in [1.807, 2.05) is 0 Å². The van der Waals surface area contributed by atoms with E-state index >= 15 is 0 Å². The van der Waals surface area contributed by atoms with E-state index in [2.05, 4.69) is 0 Å². The Hall–Kier alpha value is -3.17. The van der Waals surface area contributed by atoms with Crippen molar-refractivity contribution in [3.63, 3.8) is 0 Å². The Kier molecular flexibility index (Phi) is 6.03. The second kappa shape index (κ2) is 8.56. The number of likely N-dealkylation sites (tertiary alicyclic amines) is 2. The van der Waals surface area contributed by atoms with Crippen LogP contribution in [0.25, 0.3) is 0 Å². The summed E-state index contributed by atoms with van der Waals surface area (Å²) < 4.78 is 38.9. The molecule has 180 valence electrons. The second-order valence-corrected chi connectivity index (χ2v) is 9.01. The van der Waals surface area contributed by atoms with Crippen molar-refractivity contribution >= 4 is 17.7 Å². The Morgan fingerprint density at radius 2 is 1.26 bits per heavy atom. The Balaban J connectivity index is 2.09. The van der Waals surface area contributed by atoms with Crippen LogP contribution in [0, 0.1) is 22.5 Å². The molecule has 0 saturated carbocycles. The minimum atomic E-state index is -1.86. The summed E-state index contributed by atoms with van der Waals surface area (Å²) in [6, 6.07) is 9.22. The number of fused-ring (bicyclic) bond motifs is 2. The van der Waals surface area contributed by atoms with Crippen molar-refractivity contribution in [2.75, 3.05) is 41.4 Å². The number of carbonyl (C=O) groups is 3. The van der Waals surface area contributed by atoms with Crippen molar-refractivity contribution in [1.29, 1.82) is 0 Å². The number of esters is 2. The fourth-order valence-corrected chi connectivity index (χ4v) is 6.01. The first-order chi connectivity index (χ1) is 16.1. The molecule has 2 aliphatic rings. The second-order valence-electron chi connectivity index (χ2n) is 9.01. The van der Waals surface area contributed by atoms with Crippen LogP contribution in [0.3, 0.4) is 0 Å². The minimum absolute atomic E-state index is 0.0569. The summed E-state index contributed by atoms with van der Waals surface area (Å²) in [4.78, 5) is 44.6. The lowest BCUT2D eigenvalue weighted by Gasteiger charge is -2.60. The molecule has 7 nitrogen and oxygen atoms in total. The highest BCUT2D eigenvalue weighted by molar-refractivity contribution is 6.17. The van der Waals surface area contributed by atoms with E-state index in [1.165, 1.54) is 50.6 Å². The van der Waals surface area contributed by atoms with Crippen molar-refractivity contribution in [1.82, 2.24) is 9.80 Å². The molecule has 2 heterocycles. The summed E-state index contributed by atoms with van der Waals surface area (Å²) in [5.41, 5.74) is -3.00. The zero-order valence-corrected chi connectivity index (χ0v) is 19.4. The first-order valence-electron chi connectivity index (χ1n) is 10.8. The Morgan fingerprint density at radius 3 is 1.62 bits per heavy atom. The number of Topliss-reactive ketones (excluding diaryl/α,β-unsaturated/α-hetero) is 1. The van der Waals surface area contributed by atoms with Crippen molar-refractivity contribution in [2.45, 2.75) is 12.1 Å². The zero-order valence-electron chi connectivity index (χ0n) is 19.4. The van der Waals surface area contributed by atoms with E-state index in [-0.39, 0.29) is 13.1 Å². The van der Waals surface area contributed by atoms with Gasteiger partial charge in [0.25, 0.3) is 0 Å². The average Bonchev–Trinajstić information content (AvgIpc) is 2.80. The fraction of sp³-hybridized carbons (Fsp3) is 0.400. The van der Waals surface area contributed by atoms with E-state index in [1.54, 1.807) is 36.0 Å². The quantitative estimate of drug-likeness (QED) is 0.500. The van der Waals surface area contributed by atoms with E-state index in [0.29, 0.717) is 11.1 Å². The van der Waals surface area contributed by atoms with Crippen LogP contribution in [0.15, 0.2) is 48.5 Å². The van der Waals surface area contributed by atoms with Crippen molar-refractivity contribution in [3.05, 3.63) is 71.3 Å². The first-order valence-corrected chi connectivity index (χ1v) is 10.8. The number of rotatable bonds is 4. The molecule has 9 heteroatoms.